The first-order valence-corrected chi connectivity index (χ1v) is 4.75. The van der Waals surface area contributed by atoms with Crippen LogP contribution in [0.3, 0.4) is 0 Å². The fraction of sp³-hybridized carbons (Fsp3) is 0.400. The number of hydrogen-bond acceptors (Lipinski definition) is 5. The van der Waals surface area contributed by atoms with Gasteiger partial charge in [0.25, 0.3) is 5.69 Å². The molecule has 16 heavy (non-hydrogen) atoms. The molecule has 0 radical (unpaired) electrons. The van der Waals surface area contributed by atoms with E-state index in [2.05, 4.69) is 0 Å². The molecule has 88 valence electrons. The van der Waals surface area contributed by atoms with E-state index >= 15 is 0 Å². The molecule has 0 saturated carbocycles. The summed E-state index contributed by atoms with van der Waals surface area (Å²) < 4.78 is 10.1. The van der Waals surface area contributed by atoms with Crippen molar-refractivity contribution in [2.24, 2.45) is 0 Å². The molecule has 6 heteroatoms. The number of para-hydroxylation sites is 1. The van der Waals surface area contributed by atoms with Gasteiger partial charge in [-0.3, -0.25) is 10.1 Å². The van der Waals surface area contributed by atoms with Crippen molar-refractivity contribution in [3.63, 3.8) is 0 Å². The molecular formula is C10H14N2O4. The number of nitrogens with two attached hydrogens (primary N) is 1. The van der Waals surface area contributed by atoms with E-state index in [4.69, 9.17) is 15.2 Å². The number of ether oxygens (including phenoxy) is 2. The van der Waals surface area contributed by atoms with E-state index in [1.807, 2.05) is 0 Å². The molecule has 0 aliphatic carbocycles. The highest BCUT2D eigenvalue weighted by atomic mass is 16.6. The normalized spacial score (nSPS) is 10.3. The number of anilines is 1. The average molecular weight is 226 g/mol. The Morgan fingerprint density at radius 3 is 2.81 bits per heavy atom. The second-order valence-electron chi connectivity index (χ2n) is 3.15. The standard InChI is InChI=1S/C10H14N2O4/c1-15-5-6-16-7-8-3-2-4-9(10(8)11)12(13)14/h2-4H,5-7,11H2,1H3. The third-order valence-corrected chi connectivity index (χ3v) is 2.06. The molecule has 2 N–H and O–H groups in total. The molecule has 0 heterocycles. The largest absolute Gasteiger partial charge is 0.393 e. The number of hydrogen-bond donors (Lipinski definition) is 1. The fourth-order valence-electron chi connectivity index (χ4n) is 1.21. The van der Waals surface area contributed by atoms with Crippen LogP contribution >= 0.6 is 0 Å². The summed E-state index contributed by atoms with van der Waals surface area (Å²) in [6, 6.07) is 4.66. The van der Waals surface area contributed by atoms with Gasteiger partial charge in [-0.2, -0.15) is 0 Å². The maximum Gasteiger partial charge on any atom is 0.292 e. The zero-order chi connectivity index (χ0) is 12.0. The van der Waals surface area contributed by atoms with Gasteiger partial charge >= 0.3 is 0 Å². The molecule has 6 nitrogen and oxygen atoms in total. The van der Waals surface area contributed by atoms with Crippen LogP contribution in [0, 0.1) is 10.1 Å². The number of nitrogen functional groups attached to an aromatic ring is 1. The Morgan fingerprint density at radius 2 is 2.19 bits per heavy atom. The van der Waals surface area contributed by atoms with Crippen molar-refractivity contribution in [1.29, 1.82) is 0 Å². The van der Waals surface area contributed by atoms with E-state index in [0.717, 1.165) is 0 Å². The van der Waals surface area contributed by atoms with E-state index in [9.17, 15) is 10.1 Å². The second kappa shape index (κ2) is 6.04. The smallest absolute Gasteiger partial charge is 0.292 e. The summed E-state index contributed by atoms with van der Waals surface area (Å²) in [6.07, 6.45) is 0. The van der Waals surface area contributed by atoms with Gasteiger partial charge in [-0.25, -0.2) is 0 Å². The minimum atomic E-state index is -0.506. The second-order valence-corrected chi connectivity index (χ2v) is 3.15. The molecule has 1 aromatic rings. The van der Waals surface area contributed by atoms with Crippen molar-refractivity contribution >= 4 is 11.4 Å². The molecule has 0 aromatic heterocycles. The molecule has 1 aromatic carbocycles. The first-order valence-electron chi connectivity index (χ1n) is 4.75. The van der Waals surface area contributed by atoms with Crippen molar-refractivity contribution in [3.05, 3.63) is 33.9 Å². The van der Waals surface area contributed by atoms with Crippen molar-refractivity contribution in [2.45, 2.75) is 6.61 Å². The van der Waals surface area contributed by atoms with Gasteiger partial charge in [0.05, 0.1) is 24.7 Å². The zero-order valence-corrected chi connectivity index (χ0v) is 9.01. The van der Waals surface area contributed by atoms with Gasteiger partial charge in [-0.05, 0) is 0 Å². The summed E-state index contributed by atoms with van der Waals surface area (Å²) in [5.41, 5.74) is 6.33. The van der Waals surface area contributed by atoms with Crippen molar-refractivity contribution < 1.29 is 14.4 Å². The topological polar surface area (TPSA) is 87.6 Å². The van der Waals surface area contributed by atoms with Crippen LogP contribution in [0.25, 0.3) is 0 Å². The summed E-state index contributed by atoms with van der Waals surface area (Å²) in [5, 5.41) is 10.6. The molecule has 0 aliphatic rings. The average Bonchev–Trinajstić information content (AvgIpc) is 2.26. The predicted molar refractivity (Wildman–Crippen MR) is 59.0 cm³/mol. The Balaban J connectivity index is 2.66. The maximum atomic E-state index is 10.6. The van der Waals surface area contributed by atoms with E-state index in [0.29, 0.717) is 18.8 Å². The lowest BCUT2D eigenvalue weighted by Crippen LogP contribution is -2.05. The summed E-state index contributed by atoms with van der Waals surface area (Å²) in [5.74, 6) is 0. The number of nitro benzene ring substituents is 1. The number of methoxy groups -OCH3 is 1. The number of benzene rings is 1. The van der Waals surface area contributed by atoms with Gasteiger partial charge in [-0.1, -0.05) is 12.1 Å². The van der Waals surface area contributed by atoms with Crippen molar-refractivity contribution in [1.82, 2.24) is 0 Å². The third-order valence-electron chi connectivity index (χ3n) is 2.06. The number of nitrogens with zero attached hydrogens (tertiary/aromatic N) is 1. The van der Waals surface area contributed by atoms with Gasteiger partial charge in [0.2, 0.25) is 0 Å². The maximum absolute atomic E-state index is 10.6. The van der Waals surface area contributed by atoms with Crippen molar-refractivity contribution in [3.8, 4) is 0 Å². The van der Waals surface area contributed by atoms with Crippen LogP contribution in [0.4, 0.5) is 11.4 Å². The van der Waals surface area contributed by atoms with E-state index in [1.54, 1.807) is 19.2 Å². The summed E-state index contributed by atoms with van der Waals surface area (Å²) >= 11 is 0. The van der Waals surface area contributed by atoms with Crippen LogP contribution in [0.15, 0.2) is 18.2 Å². The van der Waals surface area contributed by atoms with Gasteiger partial charge in [0.1, 0.15) is 5.69 Å². The van der Waals surface area contributed by atoms with Crippen LogP contribution in [0.5, 0.6) is 0 Å². The highest BCUT2D eigenvalue weighted by molar-refractivity contribution is 5.62. The Kier molecular flexibility index (Phi) is 4.68. The van der Waals surface area contributed by atoms with Crippen LogP contribution in [0.1, 0.15) is 5.56 Å². The lowest BCUT2D eigenvalue weighted by molar-refractivity contribution is -0.384. The Bertz CT molecular complexity index is 368. The lowest BCUT2D eigenvalue weighted by atomic mass is 10.1. The van der Waals surface area contributed by atoms with E-state index < -0.39 is 4.92 Å². The molecule has 0 unspecified atom stereocenters. The minimum Gasteiger partial charge on any atom is -0.393 e. The Morgan fingerprint density at radius 1 is 1.44 bits per heavy atom. The van der Waals surface area contributed by atoms with Crippen molar-refractivity contribution in [2.75, 3.05) is 26.1 Å². The van der Waals surface area contributed by atoms with Crippen LogP contribution < -0.4 is 5.73 Å². The van der Waals surface area contributed by atoms with Crippen LogP contribution in [-0.4, -0.2) is 25.2 Å². The molecule has 1 rings (SSSR count). The molecule has 0 aliphatic heterocycles. The molecular weight excluding hydrogens is 212 g/mol. The fourth-order valence-corrected chi connectivity index (χ4v) is 1.21. The third kappa shape index (κ3) is 3.18. The SMILES string of the molecule is COCCOCc1cccc([N+](=O)[O-])c1N. The Labute approximate surface area is 93.1 Å². The van der Waals surface area contributed by atoms with Gasteiger partial charge in [0.15, 0.2) is 0 Å². The van der Waals surface area contributed by atoms with E-state index in [1.165, 1.54) is 6.07 Å². The summed E-state index contributed by atoms with van der Waals surface area (Å²) in [6.45, 7) is 1.16. The Hall–Kier alpha value is -1.66. The van der Waals surface area contributed by atoms with Gasteiger partial charge in [0, 0.05) is 18.7 Å². The first-order chi connectivity index (χ1) is 7.66. The summed E-state index contributed by atoms with van der Waals surface area (Å²) in [4.78, 5) is 10.1. The lowest BCUT2D eigenvalue weighted by Gasteiger charge is -2.06. The van der Waals surface area contributed by atoms with Gasteiger partial charge < -0.3 is 15.2 Å². The first kappa shape index (κ1) is 12.4. The van der Waals surface area contributed by atoms with E-state index in [-0.39, 0.29) is 18.0 Å². The van der Waals surface area contributed by atoms with Crippen LogP contribution in [0.2, 0.25) is 0 Å². The monoisotopic (exact) mass is 226 g/mol. The van der Waals surface area contributed by atoms with Gasteiger partial charge in [-0.15, -0.1) is 0 Å². The summed E-state index contributed by atoms with van der Waals surface area (Å²) in [7, 11) is 1.57. The minimum absolute atomic E-state index is 0.0900. The highest BCUT2D eigenvalue weighted by Crippen LogP contribution is 2.25. The molecule has 0 saturated heterocycles. The molecule has 0 fully saturated rings. The molecule has 0 atom stereocenters. The van der Waals surface area contributed by atoms with Crippen LogP contribution in [-0.2, 0) is 16.1 Å². The molecule has 0 spiro atoms. The quantitative estimate of drug-likeness (QED) is 0.342. The predicted octanol–water partition coefficient (Wildman–Crippen LogP) is 1.34. The zero-order valence-electron chi connectivity index (χ0n) is 9.01. The number of nitro groups is 1. The highest BCUT2D eigenvalue weighted by Gasteiger charge is 2.13. The number of rotatable bonds is 6. The molecule has 0 bridgehead atoms. The molecule has 0 amide bonds.